The smallest absolute Gasteiger partial charge is 0.422 e. The Morgan fingerprint density at radius 2 is 1.73 bits per heavy atom. The Bertz CT molecular complexity index is 1180. The summed E-state index contributed by atoms with van der Waals surface area (Å²) in [6.45, 7) is 8.98. The molecule has 176 valence electrons. The average molecular weight is 472 g/mol. The van der Waals surface area contributed by atoms with E-state index in [-0.39, 0.29) is 11.4 Å². The molecule has 9 heteroatoms. The van der Waals surface area contributed by atoms with Gasteiger partial charge in [-0.3, -0.25) is 5.43 Å². The SMILES string of the molecule is Cc1ccc(S(=O)(=O)N2[C@H]3[C@](C)(c4ccccc4)N(NC(=O)OC(C)(C)C)C[C@]32C=O)cc1. The van der Waals surface area contributed by atoms with E-state index in [9.17, 15) is 18.0 Å². The van der Waals surface area contributed by atoms with E-state index < -0.39 is 38.8 Å². The predicted octanol–water partition coefficient (Wildman–Crippen LogP) is 2.98. The molecule has 2 saturated heterocycles. The van der Waals surface area contributed by atoms with Crippen molar-refractivity contribution in [1.29, 1.82) is 0 Å². The van der Waals surface area contributed by atoms with Crippen LogP contribution in [-0.4, -0.2) is 53.8 Å². The maximum atomic E-state index is 13.6. The summed E-state index contributed by atoms with van der Waals surface area (Å²) in [7, 11) is -3.94. The Kier molecular flexibility index (Phi) is 5.42. The molecule has 2 aromatic rings. The molecule has 2 aliphatic heterocycles. The van der Waals surface area contributed by atoms with Gasteiger partial charge in [0.2, 0.25) is 10.0 Å². The van der Waals surface area contributed by atoms with Crippen LogP contribution in [-0.2, 0) is 25.1 Å². The Balaban J connectivity index is 1.75. The molecule has 1 amide bonds. The topological polar surface area (TPSA) is 95.8 Å². The van der Waals surface area contributed by atoms with Gasteiger partial charge in [0.15, 0.2) is 0 Å². The van der Waals surface area contributed by atoms with Crippen molar-refractivity contribution in [2.75, 3.05) is 6.54 Å². The summed E-state index contributed by atoms with van der Waals surface area (Å²) in [5.74, 6) is 0. The summed E-state index contributed by atoms with van der Waals surface area (Å²) in [6.07, 6.45) is 0.0152. The molecular formula is C24H29N3O5S. The van der Waals surface area contributed by atoms with Gasteiger partial charge in [0.25, 0.3) is 0 Å². The average Bonchev–Trinajstić information content (AvgIpc) is 3.36. The number of nitrogens with zero attached hydrogens (tertiary/aromatic N) is 2. The number of carbonyl (C=O) groups excluding carboxylic acids is 2. The highest BCUT2D eigenvalue weighted by molar-refractivity contribution is 7.89. The lowest BCUT2D eigenvalue weighted by molar-refractivity contribution is -0.110. The van der Waals surface area contributed by atoms with E-state index >= 15 is 0 Å². The second-order valence-corrected chi connectivity index (χ2v) is 11.7. The number of hydrogen-bond donors (Lipinski definition) is 1. The van der Waals surface area contributed by atoms with Crippen molar-refractivity contribution in [2.45, 2.75) is 62.2 Å². The van der Waals surface area contributed by atoms with Crippen LogP contribution in [0.15, 0.2) is 59.5 Å². The molecule has 2 aliphatic rings. The molecule has 8 nitrogen and oxygen atoms in total. The minimum atomic E-state index is -3.94. The standard InChI is InChI=1S/C24H29N3O5S/c1-17-11-13-19(14-12-17)33(30,31)27-20-23(5,18-9-7-6-8-10-18)26(15-24(20,27)16-28)25-21(29)32-22(2,3)4/h6-14,16,20H,15H2,1-5H3,(H,25,29)/t20-,23-,24-,27?/m0/s1. The van der Waals surface area contributed by atoms with Gasteiger partial charge in [-0.15, -0.1) is 0 Å². The molecule has 2 aromatic carbocycles. The van der Waals surface area contributed by atoms with Crippen molar-refractivity contribution < 1.29 is 22.7 Å². The van der Waals surface area contributed by atoms with Crippen LogP contribution >= 0.6 is 0 Å². The third-order valence-electron chi connectivity index (χ3n) is 6.32. The number of aldehydes is 1. The zero-order valence-corrected chi connectivity index (χ0v) is 20.2. The molecule has 0 aliphatic carbocycles. The number of hydrazine groups is 1. The Morgan fingerprint density at radius 3 is 2.27 bits per heavy atom. The monoisotopic (exact) mass is 471 g/mol. The molecule has 0 saturated carbocycles. The van der Waals surface area contributed by atoms with E-state index in [1.54, 1.807) is 50.0 Å². The highest BCUT2D eigenvalue weighted by Gasteiger charge is 2.81. The number of benzene rings is 2. The van der Waals surface area contributed by atoms with Crippen molar-refractivity contribution in [3.8, 4) is 0 Å². The summed E-state index contributed by atoms with van der Waals surface area (Å²) in [4.78, 5) is 25.1. The van der Waals surface area contributed by atoms with Crippen LogP contribution < -0.4 is 5.43 Å². The van der Waals surface area contributed by atoms with Crippen LogP contribution in [0.5, 0.6) is 0 Å². The first kappa shape index (κ1) is 23.4. The summed E-state index contributed by atoms with van der Waals surface area (Å²) < 4.78 is 33.8. The highest BCUT2D eigenvalue weighted by Crippen LogP contribution is 2.60. The maximum Gasteiger partial charge on any atom is 0.422 e. The zero-order chi connectivity index (χ0) is 24.2. The number of piperazine rings is 1. The van der Waals surface area contributed by atoms with Crippen LogP contribution in [0.1, 0.15) is 38.8 Å². The fraction of sp³-hybridized carbons (Fsp3) is 0.417. The van der Waals surface area contributed by atoms with Gasteiger partial charge < -0.3 is 9.53 Å². The lowest BCUT2D eigenvalue weighted by atomic mass is 9.87. The molecule has 4 atom stereocenters. The fourth-order valence-electron chi connectivity index (χ4n) is 4.75. The van der Waals surface area contributed by atoms with Gasteiger partial charge >= 0.3 is 6.09 Å². The molecule has 4 rings (SSSR count). The molecule has 0 bridgehead atoms. The van der Waals surface area contributed by atoms with Crippen molar-refractivity contribution in [2.24, 2.45) is 0 Å². The number of fused-ring (bicyclic) bond motifs is 1. The molecule has 33 heavy (non-hydrogen) atoms. The molecule has 0 aromatic heterocycles. The predicted molar refractivity (Wildman–Crippen MR) is 123 cm³/mol. The normalized spacial score (nSPS) is 29.2. The van der Waals surface area contributed by atoms with Crippen LogP contribution in [0.3, 0.4) is 0 Å². The summed E-state index contributed by atoms with van der Waals surface area (Å²) in [6, 6.07) is 15.1. The zero-order valence-electron chi connectivity index (χ0n) is 19.4. The van der Waals surface area contributed by atoms with Gasteiger partial charge in [0, 0.05) is 6.54 Å². The minimum absolute atomic E-state index is 0.00308. The van der Waals surface area contributed by atoms with Crippen LogP contribution in [0, 0.1) is 6.92 Å². The first-order valence-electron chi connectivity index (χ1n) is 10.8. The number of nitrogens with one attached hydrogen (secondary N) is 1. The van der Waals surface area contributed by atoms with Crippen molar-refractivity contribution >= 4 is 22.4 Å². The molecule has 0 radical (unpaired) electrons. The Hall–Kier alpha value is -2.75. The number of amides is 1. The first-order chi connectivity index (χ1) is 15.4. The van der Waals surface area contributed by atoms with Crippen molar-refractivity contribution in [3.05, 3.63) is 65.7 Å². The third-order valence-corrected chi connectivity index (χ3v) is 8.26. The number of sulfonamides is 1. The minimum Gasteiger partial charge on any atom is -0.443 e. The van der Waals surface area contributed by atoms with E-state index in [4.69, 9.17) is 4.74 Å². The van der Waals surface area contributed by atoms with Gasteiger partial charge in [-0.05, 0) is 52.3 Å². The molecule has 1 unspecified atom stereocenters. The van der Waals surface area contributed by atoms with Crippen molar-refractivity contribution in [3.63, 3.8) is 0 Å². The number of carbonyl (C=O) groups is 2. The van der Waals surface area contributed by atoms with Crippen LogP contribution in [0.4, 0.5) is 4.79 Å². The highest BCUT2D eigenvalue weighted by atomic mass is 32.2. The lowest BCUT2D eigenvalue weighted by Crippen LogP contribution is -2.57. The largest absolute Gasteiger partial charge is 0.443 e. The maximum absolute atomic E-state index is 13.6. The number of hydrogen-bond acceptors (Lipinski definition) is 6. The first-order valence-corrected chi connectivity index (χ1v) is 12.2. The van der Waals surface area contributed by atoms with Crippen molar-refractivity contribution in [1.82, 2.24) is 14.7 Å². The third kappa shape index (κ3) is 3.74. The molecule has 2 heterocycles. The van der Waals surface area contributed by atoms with Crippen LogP contribution in [0.2, 0.25) is 0 Å². The number of aryl methyl sites for hydroxylation is 1. The molecular weight excluding hydrogens is 442 g/mol. The van der Waals surface area contributed by atoms with Gasteiger partial charge in [0.05, 0.1) is 16.5 Å². The van der Waals surface area contributed by atoms with Gasteiger partial charge in [-0.1, -0.05) is 48.0 Å². The second-order valence-electron chi connectivity index (χ2n) is 9.84. The lowest BCUT2D eigenvalue weighted by Gasteiger charge is -2.39. The van der Waals surface area contributed by atoms with E-state index in [1.165, 1.54) is 4.31 Å². The van der Waals surface area contributed by atoms with Gasteiger partial charge in [-0.25, -0.2) is 18.2 Å². The Morgan fingerprint density at radius 1 is 1.12 bits per heavy atom. The number of ether oxygens (including phenoxy) is 1. The van der Waals surface area contributed by atoms with E-state index in [1.807, 2.05) is 44.2 Å². The van der Waals surface area contributed by atoms with E-state index in [0.717, 1.165) is 11.1 Å². The summed E-state index contributed by atoms with van der Waals surface area (Å²) >= 11 is 0. The second kappa shape index (κ2) is 7.65. The van der Waals surface area contributed by atoms with Gasteiger partial charge in [0.1, 0.15) is 17.4 Å². The Labute approximate surface area is 194 Å². The fourth-order valence-corrected chi connectivity index (χ4v) is 6.73. The quantitative estimate of drug-likeness (QED) is 0.532. The molecule has 2 fully saturated rings. The summed E-state index contributed by atoms with van der Waals surface area (Å²) in [5.41, 5.74) is 1.45. The summed E-state index contributed by atoms with van der Waals surface area (Å²) in [5, 5.41) is 1.62. The van der Waals surface area contributed by atoms with Gasteiger partial charge in [-0.2, -0.15) is 4.31 Å². The molecule has 1 N–H and O–H groups in total. The number of rotatable bonds is 5. The van der Waals surface area contributed by atoms with E-state index in [0.29, 0.717) is 6.29 Å². The van der Waals surface area contributed by atoms with E-state index in [2.05, 4.69) is 5.43 Å². The molecule has 0 spiro atoms. The van der Waals surface area contributed by atoms with Crippen LogP contribution in [0.25, 0.3) is 0 Å².